The molecule has 2 amide bonds. The Bertz CT molecular complexity index is 495. The molecule has 20 heavy (non-hydrogen) atoms. The lowest BCUT2D eigenvalue weighted by Gasteiger charge is -2.14. The summed E-state index contributed by atoms with van der Waals surface area (Å²) in [7, 11) is 0. The molecule has 0 heterocycles. The Hall–Kier alpha value is -1.30. The van der Waals surface area contributed by atoms with Crippen molar-refractivity contribution >= 4 is 35.0 Å². The van der Waals surface area contributed by atoms with E-state index in [1.165, 1.54) is 6.07 Å². The van der Waals surface area contributed by atoms with Gasteiger partial charge in [0.25, 0.3) is 0 Å². The van der Waals surface area contributed by atoms with Gasteiger partial charge in [-0.25, -0.2) is 0 Å². The molecule has 0 saturated heterocycles. The molecule has 0 aliphatic carbocycles. The molecule has 0 bridgehead atoms. The monoisotopic (exact) mass is 318 g/mol. The number of carbonyl (C=O) groups is 2. The Morgan fingerprint density at radius 2 is 1.95 bits per heavy atom. The smallest absolute Gasteiger partial charge is 0.239 e. The first-order chi connectivity index (χ1) is 9.43. The molecule has 5 nitrogen and oxygen atoms in total. The topological polar surface area (TPSA) is 78.4 Å². The molecule has 1 unspecified atom stereocenters. The Kier molecular flexibility index (Phi) is 6.78. The lowest BCUT2D eigenvalue weighted by molar-refractivity contribution is -0.126. The highest BCUT2D eigenvalue weighted by atomic mass is 35.5. The summed E-state index contributed by atoms with van der Waals surface area (Å²) in [6, 6.07) is 4.72. The molecule has 1 aromatic carbocycles. The van der Waals surface area contributed by atoms with Gasteiger partial charge >= 0.3 is 0 Å². The van der Waals surface area contributed by atoms with E-state index in [2.05, 4.69) is 10.6 Å². The maximum Gasteiger partial charge on any atom is 0.239 e. The van der Waals surface area contributed by atoms with E-state index in [0.717, 1.165) is 0 Å². The number of halogens is 2. The lowest BCUT2D eigenvalue weighted by atomic mass is 10.1. The third kappa shape index (κ3) is 5.36. The predicted molar refractivity (Wildman–Crippen MR) is 77.7 cm³/mol. The third-order valence-corrected chi connectivity index (χ3v) is 3.14. The summed E-state index contributed by atoms with van der Waals surface area (Å²) in [4.78, 5) is 22.4. The average molecular weight is 319 g/mol. The Balaban J connectivity index is 2.44. The van der Waals surface area contributed by atoms with E-state index in [4.69, 9.17) is 23.2 Å². The van der Waals surface area contributed by atoms with Crippen molar-refractivity contribution in [3.63, 3.8) is 0 Å². The van der Waals surface area contributed by atoms with Crippen LogP contribution in [0.25, 0.3) is 0 Å². The summed E-state index contributed by atoms with van der Waals surface area (Å²) in [6.07, 6.45) is -0.624. The minimum atomic E-state index is -0.939. The maximum absolute atomic E-state index is 11.4. The van der Waals surface area contributed by atoms with Crippen LogP contribution in [0.5, 0.6) is 0 Å². The molecule has 7 heteroatoms. The normalized spacial score (nSPS) is 11.8. The largest absolute Gasteiger partial charge is 0.387 e. The first-order valence-corrected chi connectivity index (χ1v) is 6.86. The van der Waals surface area contributed by atoms with Crippen LogP contribution >= 0.6 is 23.2 Å². The van der Waals surface area contributed by atoms with Crippen molar-refractivity contribution in [1.29, 1.82) is 0 Å². The van der Waals surface area contributed by atoms with Crippen molar-refractivity contribution in [2.45, 2.75) is 19.4 Å². The van der Waals surface area contributed by atoms with Gasteiger partial charge in [-0.3, -0.25) is 9.59 Å². The summed E-state index contributed by atoms with van der Waals surface area (Å²) < 4.78 is 0. The third-order valence-electron chi connectivity index (χ3n) is 2.58. The number of nitrogens with one attached hydrogen (secondary N) is 2. The lowest BCUT2D eigenvalue weighted by Crippen LogP contribution is -2.38. The van der Waals surface area contributed by atoms with Gasteiger partial charge in [-0.1, -0.05) is 36.2 Å². The van der Waals surface area contributed by atoms with Crippen LogP contribution in [-0.4, -0.2) is 30.0 Å². The zero-order valence-corrected chi connectivity index (χ0v) is 12.5. The van der Waals surface area contributed by atoms with Gasteiger partial charge in [0, 0.05) is 28.6 Å². The van der Waals surface area contributed by atoms with Crippen molar-refractivity contribution in [1.82, 2.24) is 10.6 Å². The highest BCUT2D eigenvalue weighted by Crippen LogP contribution is 2.25. The number of benzene rings is 1. The minimum absolute atomic E-state index is 0.00216. The summed E-state index contributed by atoms with van der Waals surface area (Å²) in [5.41, 5.74) is 0.481. The molecular formula is C13H16Cl2N2O3. The molecule has 0 aliphatic rings. The fraction of sp³-hybridized carbons (Fsp3) is 0.385. The average Bonchev–Trinajstić information content (AvgIpc) is 2.42. The Labute approximate surface area is 127 Å². The molecule has 0 radical (unpaired) electrons. The van der Waals surface area contributed by atoms with Gasteiger partial charge < -0.3 is 15.7 Å². The fourth-order valence-corrected chi connectivity index (χ4v) is 1.99. The zero-order chi connectivity index (χ0) is 15.1. The van der Waals surface area contributed by atoms with Crippen molar-refractivity contribution in [3.8, 4) is 0 Å². The first kappa shape index (κ1) is 16.8. The Morgan fingerprint density at radius 3 is 2.55 bits per heavy atom. The van der Waals surface area contributed by atoms with Crippen LogP contribution in [0.2, 0.25) is 10.0 Å². The van der Waals surface area contributed by atoms with Gasteiger partial charge in [-0.2, -0.15) is 0 Å². The second-order valence-electron chi connectivity index (χ2n) is 4.12. The van der Waals surface area contributed by atoms with Crippen molar-refractivity contribution in [3.05, 3.63) is 33.8 Å². The SMILES string of the molecule is CCC(=O)NCC(=O)NCC(O)c1ccc(Cl)cc1Cl. The number of aliphatic hydroxyl groups excluding tert-OH is 1. The molecule has 1 rings (SSSR count). The highest BCUT2D eigenvalue weighted by molar-refractivity contribution is 6.35. The van der Waals surface area contributed by atoms with Crippen LogP contribution in [0.4, 0.5) is 0 Å². The molecule has 3 N–H and O–H groups in total. The van der Waals surface area contributed by atoms with Crippen LogP contribution in [0.15, 0.2) is 18.2 Å². The second kappa shape index (κ2) is 8.09. The molecule has 1 atom stereocenters. The maximum atomic E-state index is 11.4. The van der Waals surface area contributed by atoms with Gasteiger partial charge in [0.05, 0.1) is 12.6 Å². The predicted octanol–water partition coefficient (Wildman–Crippen LogP) is 1.67. The van der Waals surface area contributed by atoms with Gasteiger partial charge in [0.15, 0.2) is 0 Å². The molecule has 0 aromatic heterocycles. The number of hydrogen-bond donors (Lipinski definition) is 3. The molecular weight excluding hydrogens is 303 g/mol. The summed E-state index contributed by atoms with van der Waals surface area (Å²) in [5, 5.41) is 15.7. The van der Waals surface area contributed by atoms with E-state index in [-0.39, 0.29) is 24.9 Å². The number of rotatable bonds is 6. The molecule has 0 aliphatic heterocycles. The van der Waals surface area contributed by atoms with Crippen molar-refractivity contribution in [2.75, 3.05) is 13.1 Å². The number of hydrogen-bond acceptors (Lipinski definition) is 3. The van der Waals surface area contributed by atoms with E-state index < -0.39 is 6.10 Å². The molecule has 1 aromatic rings. The minimum Gasteiger partial charge on any atom is -0.387 e. The summed E-state index contributed by atoms with van der Waals surface area (Å²) in [6.45, 7) is 1.58. The molecule has 0 spiro atoms. The van der Waals surface area contributed by atoms with E-state index in [1.807, 2.05) is 0 Å². The van der Waals surface area contributed by atoms with Gasteiger partial charge in [0.1, 0.15) is 0 Å². The fourth-order valence-electron chi connectivity index (χ4n) is 1.46. The first-order valence-electron chi connectivity index (χ1n) is 6.10. The zero-order valence-electron chi connectivity index (χ0n) is 11.0. The van der Waals surface area contributed by atoms with E-state index in [0.29, 0.717) is 22.0 Å². The van der Waals surface area contributed by atoms with E-state index in [9.17, 15) is 14.7 Å². The summed E-state index contributed by atoms with van der Waals surface area (Å²) >= 11 is 11.7. The molecule has 0 saturated carbocycles. The standard InChI is InChI=1S/C13H16Cl2N2O3/c1-2-12(19)17-7-13(20)16-6-11(18)9-4-3-8(14)5-10(9)15/h3-5,11,18H,2,6-7H2,1H3,(H,16,20)(H,17,19). The van der Waals surface area contributed by atoms with Crippen LogP contribution in [0.3, 0.4) is 0 Å². The van der Waals surface area contributed by atoms with E-state index in [1.54, 1.807) is 19.1 Å². The van der Waals surface area contributed by atoms with E-state index >= 15 is 0 Å². The number of carbonyl (C=O) groups excluding carboxylic acids is 2. The van der Waals surface area contributed by atoms with Crippen LogP contribution in [-0.2, 0) is 9.59 Å². The van der Waals surface area contributed by atoms with Crippen molar-refractivity contribution < 1.29 is 14.7 Å². The highest BCUT2D eigenvalue weighted by Gasteiger charge is 2.13. The second-order valence-corrected chi connectivity index (χ2v) is 4.96. The quantitative estimate of drug-likeness (QED) is 0.746. The number of aliphatic hydroxyl groups is 1. The Morgan fingerprint density at radius 1 is 1.25 bits per heavy atom. The van der Waals surface area contributed by atoms with Gasteiger partial charge in [0.2, 0.25) is 11.8 Å². The van der Waals surface area contributed by atoms with Gasteiger partial charge in [-0.05, 0) is 12.1 Å². The number of amides is 2. The van der Waals surface area contributed by atoms with Crippen LogP contribution in [0.1, 0.15) is 25.0 Å². The van der Waals surface area contributed by atoms with Crippen LogP contribution in [0, 0.1) is 0 Å². The van der Waals surface area contributed by atoms with Gasteiger partial charge in [-0.15, -0.1) is 0 Å². The molecule has 110 valence electrons. The summed E-state index contributed by atoms with van der Waals surface area (Å²) in [5.74, 6) is -0.586. The van der Waals surface area contributed by atoms with Crippen LogP contribution < -0.4 is 10.6 Å². The van der Waals surface area contributed by atoms with Crippen molar-refractivity contribution in [2.24, 2.45) is 0 Å². The molecule has 0 fully saturated rings.